The summed E-state index contributed by atoms with van der Waals surface area (Å²) in [5.41, 5.74) is 0.864. The van der Waals surface area contributed by atoms with Crippen molar-refractivity contribution in [2.45, 2.75) is 45.4 Å². The van der Waals surface area contributed by atoms with Gasteiger partial charge >= 0.3 is 0 Å². The minimum absolute atomic E-state index is 0.0714. The fourth-order valence-corrected chi connectivity index (χ4v) is 3.60. The Kier molecular flexibility index (Phi) is 6.50. The molecule has 0 aliphatic heterocycles. The number of hydrogen-bond donors (Lipinski definition) is 1. The normalized spacial score (nSPS) is 17.6. The first kappa shape index (κ1) is 16.0. The molecular weight excluding hydrogens is 317 g/mol. The van der Waals surface area contributed by atoms with Crippen LogP contribution in [-0.2, 0) is 6.42 Å². The molecule has 3 heteroatoms. The van der Waals surface area contributed by atoms with Crippen LogP contribution >= 0.6 is 15.9 Å². The zero-order valence-electron chi connectivity index (χ0n) is 12.3. The van der Waals surface area contributed by atoms with Gasteiger partial charge in [-0.1, -0.05) is 54.6 Å². The molecule has 1 aromatic carbocycles. The molecule has 0 radical (unpaired) electrons. The van der Waals surface area contributed by atoms with Gasteiger partial charge in [-0.05, 0) is 55.5 Å². The van der Waals surface area contributed by atoms with E-state index in [2.05, 4.69) is 28.2 Å². The number of rotatable bonds is 7. The summed E-state index contributed by atoms with van der Waals surface area (Å²) in [4.78, 5) is 0. The maximum absolute atomic E-state index is 14.0. The van der Waals surface area contributed by atoms with Gasteiger partial charge in [-0.2, -0.15) is 0 Å². The van der Waals surface area contributed by atoms with Crippen LogP contribution in [0.15, 0.2) is 22.7 Å². The van der Waals surface area contributed by atoms with E-state index < -0.39 is 0 Å². The van der Waals surface area contributed by atoms with Crippen molar-refractivity contribution in [2.75, 3.05) is 13.1 Å². The van der Waals surface area contributed by atoms with Gasteiger partial charge in [0.15, 0.2) is 0 Å². The van der Waals surface area contributed by atoms with Gasteiger partial charge in [0.1, 0.15) is 5.82 Å². The van der Waals surface area contributed by atoms with Crippen LogP contribution in [0.2, 0.25) is 0 Å². The van der Waals surface area contributed by atoms with Crippen LogP contribution in [0.4, 0.5) is 4.39 Å². The molecule has 1 saturated carbocycles. The Hall–Kier alpha value is -0.410. The average Bonchev–Trinajstić information content (AvgIpc) is 2.94. The highest BCUT2D eigenvalue weighted by atomic mass is 79.9. The van der Waals surface area contributed by atoms with Crippen LogP contribution in [0.3, 0.4) is 0 Å². The summed E-state index contributed by atoms with van der Waals surface area (Å²) in [5, 5.41) is 3.53. The van der Waals surface area contributed by atoms with Gasteiger partial charge in [0.25, 0.3) is 0 Å². The molecule has 1 aromatic rings. The van der Waals surface area contributed by atoms with Crippen LogP contribution in [0.25, 0.3) is 0 Å². The van der Waals surface area contributed by atoms with E-state index in [9.17, 15) is 4.39 Å². The summed E-state index contributed by atoms with van der Waals surface area (Å²) >= 11 is 3.33. The Bertz CT molecular complexity index is 415. The van der Waals surface area contributed by atoms with E-state index in [0.717, 1.165) is 41.9 Å². The van der Waals surface area contributed by atoms with Gasteiger partial charge in [-0.15, -0.1) is 0 Å². The second-order valence-electron chi connectivity index (χ2n) is 5.95. The highest BCUT2D eigenvalue weighted by Gasteiger charge is 2.25. The number of nitrogens with one attached hydrogen (secondary N) is 1. The molecule has 1 nitrogen and oxygen atoms in total. The number of benzene rings is 1. The highest BCUT2D eigenvalue weighted by molar-refractivity contribution is 9.10. The Morgan fingerprint density at radius 1 is 1.35 bits per heavy atom. The number of hydrogen-bond acceptors (Lipinski definition) is 1. The minimum Gasteiger partial charge on any atom is -0.316 e. The van der Waals surface area contributed by atoms with E-state index in [-0.39, 0.29) is 5.82 Å². The van der Waals surface area contributed by atoms with Crippen LogP contribution < -0.4 is 5.32 Å². The Labute approximate surface area is 130 Å². The van der Waals surface area contributed by atoms with Crippen molar-refractivity contribution in [3.63, 3.8) is 0 Å². The largest absolute Gasteiger partial charge is 0.316 e. The second kappa shape index (κ2) is 8.14. The Balaban J connectivity index is 2.01. The molecule has 1 N–H and O–H groups in total. The summed E-state index contributed by atoms with van der Waals surface area (Å²) in [5.74, 6) is 1.26. The van der Waals surface area contributed by atoms with E-state index in [0.29, 0.717) is 5.92 Å². The van der Waals surface area contributed by atoms with Crippen molar-refractivity contribution in [2.24, 2.45) is 11.8 Å². The molecule has 1 aliphatic carbocycles. The lowest BCUT2D eigenvalue weighted by atomic mass is 9.85. The molecule has 2 rings (SSSR count). The number of halogens is 2. The molecule has 0 spiro atoms. The molecule has 1 atom stereocenters. The summed E-state index contributed by atoms with van der Waals surface area (Å²) in [6.07, 6.45) is 7.34. The Morgan fingerprint density at radius 3 is 2.75 bits per heavy atom. The summed E-state index contributed by atoms with van der Waals surface area (Å²) in [7, 11) is 0. The van der Waals surface area contributed by atoms with Crippen LogP contribution in [0.1, 0.15) is 44.6 Å². The molecule has 1 fully saturated rings. The smallest absolute Gasteiger partial charge is 0.127 e. The predicted octanol–water partition coefficient (Wildman–Crippen LogP) is 4.94. The standard InChI is InChI=1S/C17H25BrFN/c1-2-9-20-12-15(13-5-3-4-6-13)10-14-7-8-16(18)11-17(14)19/h7-8,11,13,15,20H,2-6,9-10,12H2,1H3. The molecule has 0 saturated heterocycles. The van der Waals surface area contributed by atoms with E-state index in [1.54, 1.807) is 6.07 Å². The molecule has 1 aliphatic rings. The third-order valence-electron chi connectivity index (χ3n) is 4.40. The monoisotopic (exact) mass is 341 g/mol. The average molecular weight is 342 g/mol. The third kappa shape index (κ3) is 4.56. The highest BCUT2D eigenvalue weighted by Crippen LogP contribution is 2.33. The topological polar surface area (TPSA) is 12.0 Å². The van der Waals surface area contributed by atoms with Gasteiger partial charge in [0, 0.05) is 4.47 Å². The molecular formula is C17H25BrFN. The van der Waals surface area contributed by atoms with Gasteiger partial charge < -0.3 is 5.32 Å². The van der Waals surface area contributed by atoms with E-state index in [1.807, 2.05) is 12.1 Å². The lowest BCUT2D eigenvalue weighted by Gasteiger charge is -2.24. The molecule has 0 aromatic heterocycles. The van der Waals surface area contributed by atoms with Crippen LogP contribution in [0.5, 0.6) is 0 Å². The van der Waals surface area contributed by atoms with Gasteiger partial charge in [-0.25, -0.2) is 4.39 Å². The first-order valence-electron chi connectivity index (χ1n) is 7.85. The minimum atomic E-state index is -0.0714. The zero-order valence-corrected chi connectivity index (χ0v) is 13.9. The molecule has 20 heavy (non-hydrogen) atoms. The summed E-state index contributed by atoms with van der Waals surface area (Å²) in [6.45, 7) is 4.27. The fourth-order valence-electron chi connectivity index (χ4n) is 3.27. The van der Waals surface area contributed by atoms with Gasteiger partial charge in [-0.3, -0.25) is 0 Å². The SMILES string of the molecule is CCCNCC(Cc1ccc(Br)cc1F)C1CCCC1. The van der Waals surface area contributed by atoms with Crippen molar-refractivity contribution in [1.29, 1.82) is 0 Å². The lowest BCUT2D eigenvalue weighted by molar-refractivity contribution is 0.318. The summed E-state index contributed by atoms with van der Waals surface area (Å²) < 4.78 is 14.9. The predicted molar refractivity (Wildman–Crippen MR) is 86.4 cm³/mol. The van der Waals surface area contributed by atoms with Crippen molar-refractivity contribution >= 4 is 15.9 Å². The summed E-state index contributed by atoms with van der Waals surface area (Å²) in [6, 6.07) is 5.46. The van der Waals surface area contributed by atoms with Crippen molar-refractivity contribution in [1.82, 2.24) is 5.32 Å². The van der Waals surface area contributed by atoms with E-state index in [1.165, 1.54) is 25.7 Å². The zero-order chi connectivity index (χ0) is 14.4. The van der Waals surface area contributed by atoms with Gasteiger partial charge in [0.05, 0.1) is 0 Å². The van der Waals surface area contributed by atoms with E-state index >= 15 is 0 Å². The lowest BCUT2D eigenvalue weighted by Crippen LogP contribution is -2.29. The second-order valence-corrected chi connectivity index (χ2v) is 6.86. The van der Waals surface area contributed by atoms with Crippen LogP contribution in [0, 0.1) is 17.7 Å². The Morgan fingerprint density at radius 2 is 2.10 bits per heavy atom. The molecule has 1 unspecified atom stereocenters. The first-order chi connectivity index (χ1) is 9.70. The molecule has 0 heterocycles. The van der Waals surface area contributed by atoms with Crippen LogP contribution in [-0.4, -0.2) is 13.1 Å². The molecule has 0 bridgehead atoms. The molecule has 0 amide bonds. The van der Waals surface area contributed by atoms with Crippen molar-refractivity contribution in [3.05, 3.63) is 34.1 Å². The van der Waals surface area contributed by atoms with Crippen molar-refractivity contribution < 1.29 is 4.39 Å². The fraction of sp³-hybridized carbons (Fsp3) is 0.647. The quantitative estimate of drug-likeness (QED) is 0.693. The van der Waals surface area contributed by atoms with Gasteiger partial charge in [0.2, 0.25) is 0 Å². The first-order valence-corrected chi connectivity index (χ1v) is 8.64. The maximum atomic E-state index is 14.0. The third-order valence-corrected chi connectivity index (χ3v) is 4.89. The van der Waals surface area contributed by atoms with E-state index in [4.69, 9.17) is 0 Å². The maximum Gasteiger partial charge on any atom is 0.127 e. The van der Waals surface area contributed by atoms with Crippen molar-refractivity contribution in [3.8, 4) is 0 Å². The molecule has 112 valence electrons.